The summed E-state index contributed by atoms with van der Waals surface area (Å²) in [5, 5.41) is 11.7. The van der Waals surface area contributed by atoms with Crippen molar-refractivity contribution in [2.45, 2.75) is 6.92 Å². The minimum Gasteiger partial charge on any atom is -0.390 e. The number of carbonyl (C=O) groups excluding carboxylic acids is 1. The second-order valence-corrected chi connectivity index (χ2v) is 1.48. The molecule has 0 aromatic heterocycles. The van der Waals surface area contributed by atoms with E-state index in [9.17, 15) is 4.79 Å². The smallest absolute Gasteiger partial charge is 0.332 e. The summed E-state index contributed by atoms with van der Waals surface area (Å²) in [7, 11) is 0. The highest BCUT2D eigenvalue weighted by molar-refractivity contribution is 5.84. The van der Waals surface area contributed by atoms with Crippen LogP contribution in [0.3, 0.4) is 0 Å². The molecule has 0 fully saturated rings. The molecular formula is C4H9N3O2. The molecule has 0 aliphatic rings. The summed E-state index contributed by atoms with van der Waals surface area (Å²) >= 11 is 0. The Morgan fingerprint density at radius 3 is 2.78 bits per heavy atom. The van der Waals surface area contributed by atoms with Crippen molar-refractivity contribution < 1.29 is 9.90 Å². The summed E-state index contributed by atoms with van der Waals surface area (Å²) < 4.78 is 0. The van der Waals surface area contributed by atoms with Gasteiger partial charge in [-0.1, -0.05) is 0 Å². The molecule has 0 spiro atoms. The number of amides is 2. The molecule has 0 aliphatic carbocycles. The number of aliphatic hydroxyl groups is 1. The first-order valence-electron chi connectivity index (χ1n) is 2.36. The van der Waals surface area contributed by atoms with Gasteiger partial charge in [0.1, 0.15) is 0 Å². The van der Waals surface area contributed by atoms with Gasteiger partial charge in [0.15, 0.2) is 0 Å². The molecule has 52 valence electrons. The summed E-state index contributed by atoms with van der Waals surface area (Å²) in [5.74, 6) is 0. The van der Waals surface area contributed by atoms with Crippen molar-refractivity contribution in [1.29, 1.82) is 0 Å². The van der Waals surface area contributed by atoms with E-state index < -0.39 is 6.03 Å². The van der Waals surface area contributed by atoms with Crippen LogP contribution in [0.5, 0.6) is 0 Å². The van der Waals surface area contributed by atoms with E-state index >= 15 is 0 Å². The molecule has 0 atom stereocenters. The van der Waals surface area contributed by atoms with Crippen LogP contribution in [0.2, 0.25) is 0 Å². The third kappa shape index (κ3) is 4.76. The molecule has 0 aliphatic heterocycles. The molecule has 0 unspecified atom stereocenters. The van der Waals surface area contributed by atoms with Crippen LogP contribution < -0.4 is 11.2 Å². The zero-order valence-electron chi connectivity index (χ0n) is 5.09. The maximum atomic E-state index is 9.94. The predicted octanol–water partition coefficient (Wildman–Crippen LogP) is -0.977. The van der Waals surface area contributed by atoms with Crippen LogP contribution in [0, 0.1) is 0 Å². The number of nitrogens with zero attached hydrogens (tertiary/aromatic N) is 1. The van der Waals surface area contributed by atoms with Crippen LogP contribution in [0.4, 0.5) is 4.79 Å². The van der Waals surface area contributed by atoms with Crippen LogP contribution in [-0.2, 0) is 0 Å². The Labute approximate surface area is 52.5 Å². The number of hydrogen-bond acceptors (Lipinski definition) is 3. The van der Waals surface area contributed by atoms with Crippen LogP contribution >= 0.6 is 0 Å². The quantitative estimate of drug-likeness (QED) is 0.332. The molecule has 4 N–H and O–H groups in total. The minimum atomic E-state index is -0.734. The van der Waals surface area contributed by atoms with E-state index in [-0.39, 0.29) is 6.61 Å². The molecule has 0 radical (unpaired) electrons. The first-order chi connectivity index (χ1) is 4.16. The van der Waals surface area contributed by atoms with Gasteiger partial charge in [-0.2, -0.15) is 5.10 Å². The average Bonchev–Trinajstić information content (AvgIpc) is 1.83. The molecule has 0 aromatic rings. The SMILES string of the molecule is C/C(CO)=N/NC(N)=O. The Balaban J connectivity index is 3.56. The van der Waals surface area contributed by atoms with Crippen molar-refractivity contribution in [3.63, 3.8) is 0 Å². The number of nitrogens with two attached hydrogens (primary N) is 1. The van der Waals surface area contributed by atoms with Crippen molar-refractivity contribution in [3.8, 4) is 0 Å². The van der Waals surface area contributed by atoms with Gasteiger partial charge in [0.25, 0.3) is 0 Å². The minimum absolute atomic E-state index is 0.180. The standard InChI is InChI=1S/C4H9N3O2/c1-3(2-8)6-7-4(5)9/h8H,2H2,1H3,(H3,5,7,9)/b6-3-. The molecule has 0 rings (SSSR count). The zero-order chi connectivity index (χ0) is 7.28. The molecule has 5 nitrogen and oxygen atoms in total. The van der Waals surface area contributed by atoms with Gasteiger partial charge in [0, 0.05) is 0 Å². The maximum absolute atomic E-state index is 9.94. The molecule has 0 bridgehead atoms. The van der Waals surface area contributed by atoms with Gasteiger partial charge in [-0.25, -0.2) is 10.2 Å². The second kappa shape index (κ2) is 3.85. The molecular weight excluding hydrogens is 122 g/mol. The van der Waals surface area contributed by atoms with Gasteiger partial charge in [-0.05, 0) is 6.92 Å². The normalized spacial score (nSPS) is 11.1. The molecule has 0 saturated heterocycles. The predicted molar refractivity (Wildman–Crippen MR) is 32.9 cm³/mol. The molecule has 9 heavy (non-hydrogen) atoms. The number of hydrazone groups is 1. The number of primary amides is 1. The third-order valence-electron chi connectivity index (χ3n) is 0.586. The van der Waals surface area contributed by atoms with Crippen LogP contribution in [0.15, 0.2) is 5.10 Å². The first-order valence-corrected chi connectivity index (χ1v) is 2.36. The fourth-order valence-corrected chi connectivity index (χ4v) is 0.186. The van der Waals surface area contributed by atoms with Gasteiger partial charge in [0.2, 0.25) is 0 Å². The lowest BCUT2D eigenvalue weighted by Crippen LogP contribution is -2.25. The van der Waals surface area contributed by atoms with Crippen molar-refractivity contribution in [2.24, 2.45) is 10.8 Å². The van der Waals surface area contributed by atoms with E-state index in [0.717, 1.165) is 0 Å². The van der Waals surface area contributed by atoms with Crippen molar-refractivity contribution in [1.82, 2.24) is 5.43 Å². The van der Waals surface area contributed by atoms with Gasteiger partial charge in [-0.3, -0.25) is 0 Å². The molecule has 0 heterocycles. The van der Waals surface area contributed by atoms with E-state index in [1.807, 2.05) is 5.43 Å². The van der Waals surface area contributed by atoms with E-state index in [1.54, 1.807) is 6.92 Å². The number of carbonyl (C=O) groups is 1. The summed E-state index contributed by atoms with van der Waals surface area (Å²) in [6.45, 7) is 1.39. The summed E-state index contributed by atoms with van der Waals surface area (Å²) in [5.41, 5.74) is 7.03. The number of hydrogen-bond donors (Lipinski definition) is 3. The molecule has 5 heteroatoms. The van der Waals surface area contributed by atoms with Gasteiger partial charge in [-0.15, -0.1) is 0 Å². The fraction of sp³-hybridized carbons (Fsp3) is 0.500. The lowest BCUT2D eigenvalue weighted by molar-refractivity contribution is 0.249. The lowest BCUT2D eigenvalue weighted by Gasteiger charge is -1.93. The Bertz CT molecular complexity index is 132. The molecule has 0 aromatic carbocycles. The Hall–Kier alpha value is -1.10. The Morgan fingerprint density at radius 2 is 2.44 bits per heavy atom. The number of nitrogens with one attached hydrogen (secondary N) is 1. The van der Waals surface area contributed by atoms with Crippen molar-refractivity contribution in [2.75, 3.05) is 6.61 Å². The number of aliphatic hydroxyl groups excluding tert-OH is 1. The lowest BCUT2D eigenvalue weighted by atomic mass is 10.5. The van der Waals surface area contributed by atoms with Crippen LogP contribution in [0.1, 0.15) is 6.92 Å². The Morgan fingerprint density at radius 1 is 1.89 bits per heavy atom. The highest BCUT2D eigenvalue weighted by Gasteiger charge is 1.87. The summed E-state index contributed by atoms with van der Waals surface area (Å²) in [6.07, 6.45) is 0. The first kappa shape index (κ1) is 7.90. The third-order valence-corrected chi connectivity index (χ3v) is 0.586. The number of rotatable bonds is 2. The van der Waals surface area contributed by atoms with E-state index in [4.69, 9.17) is 5.11 Å². The maximum Gasteiger partial charge on any atom is 0.332 e. The van der Waals surface area contributed by atoms with E-state index in [1.165, 1.54) is 0 Å². The van der Waals surface area contributed by atoms with Gasteiger partial charge < -0.3 is 10.8 Å². The van der Waals surface area contributed by atoms with E-state index in [2.05, 4.69) is 10.8 Å². The monoisotopic (exact) mass is 131 g/mol. The highest BCUT2D eigenvalue weighted by Crippen LogP contribution is 1.69. The van der Waals surface area contributed by atoms with Crippen molar-refractivity contribution >= 4 is 11.7 Å². The topological polar surface area (TPSA) is 87.7 Å². The van der Waals surface area contributed by atoms with E-state index in [0.29, 0.717) is 5.71 Å². The fourth-order valence-electron chi connectivity index (χ4n) is 0.186. The second-order valence-electron chi connectivity index (χ2n) is 1.48. The summed E-state index contributed by atoms with van der Waals surface area (Å²) in [4.78, 5) is 9.94. The number of urea groups is 1. The Kier molecular flexibility index (Phi) is 3.38. The van der Waals surface area contributed by atoms with Gasteiger partial charge >= 0.3 is 6.03 Å². The molecule has 0 saturated carbocycles. The van der Waals surface area contributed by atoms with Gasteiger partial charge in [0.05, 0.1) is 12.3 Å². The van der Waals surface area contributed by atoms with Crippen LogP contribution in [0.25, 0.3) is 0 Å². The average molecular weight is 131 g/mol. The zero-order valence-corrected chi connectivity index (χ0v) is 5.09. The summed E-state index contributed by atoms with van der Waals surface area (Å²) in [6, 6.07) is -0.734. The molecule has 2 amide bonds. The highest BCUT2D eigenvalue weighted by atomic mass is 16.3. The van der Waals surface area contributed by atoms with Crippen LogP contribution in [-0.4, -0.2) is 23.5 Å². The largest absolute Gasteiger partial charge is 0.390 e. The van der Waals surface area contributed by atoms with Crippen molar-refractivity contribution in [3.05, 3.63) is 0 Å².